The minimum Gasteiger partial charge on any atom is -0.352 e. The summed E-state index contributed by atoms with van der Waals surface area (Å²) < 4.78 is 0. The van der Waals surface area contributed by atoms with E-state index in [1.54, 1.807) is 13.1 Å². The van der Waals surface area contributed by atoms with Crippen molar-refractivity contribution in [1.82, 2.24) is 4.98 Å². The molecule has 0 saturated heterocycles. The molecule has 0 amide bonds. The third-order valence-corrected chi connectivity index (χ3v) is 2.90. The number of hydrogen-bond donors (Lipinski definition) is 0. The maximum Gasteiger partial charge on any atom is 0.163 e. The maximum absolute atomic E-state index is 11.5. The van der Waals surface area contributed by atoms with Crippen molar-refractivity contribution >= 4 is 11.6 Å². The van der Waals surface area contributed by atoms with Gasteiger partial charge in [-0.2, -0.15) is 0 Å². The lowest BCUT2D eigenvalue weighted by molar-refractivity contribution is 0.101. The Morgan fingerprint density at radius 3 is 2.94 bits per heavy atom. The van der Waals surface area contributed by atoms with Crippen LogP contribution in [-0.2, 0) is 0 Å². The molecule has 1 aromatic rings. The molecule has 0 aromatic carbocycles. The van der Waals surface area contributed by atoms with Crippen molar-refractivity contribution < 1.29 is 4.79 Å². The van der Waals surface area contributed by atoms with E-state index in [2.05, 4.69) is 22.9 Å². The molecular weight excluding hydrogens is 200 g/mol. The van der Waals surface area contributed by atoms with Gasteiger partial charge in [0.15, 0.2) is 5.78 Å². The third-order valence-electron chi connectivity index (χ3n) is 2.90. The number of carbonyl (C=O) groups excluding carboxylic acids is 1. The van der Waals surface area contributed by atoms with Crippen LogP contribution in [0.25, 0.3) is 0 Å². The fraction of sp³-hybridized carbons (Fsp3) is 0.385. The standard InChI is InChI=1S/C13H16N2O/c1-10-5-8-15(9-6-10)13-12(11(2)16)4-3-7-14-13/h3-5,7H,6,8-9H2,1-2H3. The first-order valence-electron chi connectivity index (χ1n) is 5.55. The Kier molecular flexibility index (Phi) is 3.04. The van der Waals surface area contributed by atoms with E-state index in [1.807, 2.05) is 12.1 Å². The zero-order valence-corrected chi connectivity index (χ0v) is 9.73. The minimum absolute atomic E-state index is 0.0781. The van der Waals surface area contributed by atoms with Crippen molar-refractivity contribution in [1.29, 1.82) is 0 Å². The average Bonchev–Trinajstić information content (AvgIpc) is 2.30. The lowest BCUT2D eigenvalue weighted by Crippen LogP contribution is -2.30. The molecule has 2 heterocycles. The van der Waals surface area contributed by atoms with Crippen molar-refractivity contribution in [2.75, 3.05) is 18.0 Å². The van der Waals surface area contributed by atoms with Gasteiger partial charge in [-0.1, -0.05) is 11.6 Å². The molecule has 0 aliphatic carbocycles. The molecule has 1 aliphatic rings. The van der Waals surface area contributed by atoms with Gasteiger partial charge in [0, 0.05) is 19.3 Å². The van der Waals surface area contributed by atoms with Crippen LogP contribution >= 0.6 is 0 Å². The highest BCUT2D eigenvalue weighted by atomic mass is 16.1. The predicted octanol–water partition coefficient (Wildman–Crippen LogP) is 2.44. The van der Waals surface area contributed by atoms with Gasteiger partial charge in [0.2, 0.25) is 0 Å². The Bertz CT molecular complexity index is 437. The summed E-state index contributed by atoms with van der Waals surface area (Å²) in [4.78, 5) is 18.0. The molecule has 1 aliphatic heterocycles. The van der Waals surface area contributed by atoms with Gasteiger partial charge in [0.05, 0.1) is 5.56 Å². The molecule has 0 atom stereocenters. The van der Waals surface area contributed by atoms with Crippen LogP contribution in [-0.4, -0.2) is 23.9 Å². The number of pyridine rings is 1. The Balaban J connectivity index is 2.30. The Morgan fingerprint density at radius 2 is 2.31 bits per heavy atom. The quantitative estimate of drug-likeness (QED) is 0.562. The van der Waals surface area contributed by atoms with Crippen molar-refractivity contribution in [3.8, 4) is 0 Å². The lowest BCUT2D eigenvalue weighted by atomic mass is 10.1. The summed E-state index contributed by atoms with van der Waals surface area (Å²) in [7, 11) is 0. The predicted molar refractivity (Wildman–Crippen MR) is 64.8 cm³/mol. The Labute approximate surface area is 95.8 Å². The van der Waals surface area contributed by atoms with Crippen LogP contribution in [0.1, 0.15) is 30.6 Å². The van der Waals surface area contributed by atoms with Crippen LogP contribution in [0.15, 0.2) is 30.0 Å². The van der Waals surface area contributed by atoms with Crippen molar-refractivity contribution in [2.24, 2.45) is 0 Å². The van der Waals surface area contributed by atoms with Gasteiger partial charge in [-0.3, -0.25) is 4.79 Å². The molecule has 16 heavy (non-hydrogen) atoms. The van der Waals surface area contributed by atoms with Gasteiger partial charge in [0.1, 0.15) is 5.82 Å². The second kappa shape index (κ2) is 4.47. The molecule has 0 N–H and O–H groups in total. The molecule has 3 heteroatoms. The lowest BCUT2D eigenvalue weighted by Gasteiger charge is -2.27. The largest absolute Gasteiger partial charge is 0.352 e. The molecule has 1 aromatic heterocycles. The van der Waals surface area contributed by atoms with E-state index in [1.165, 1.54) is 5.57 Å². The van der Waals surface area contributed by atoms with Crippen LogP contribution in [0.2, 0.25) is 0 Å². The van der Waals surface area contributed by atoms with Crippen molar-refractivity contribution in [3.05, 3.63) is 35.5 Å². The third kappa shape index (κ3) is 2.13. The molecule has 0 unspecified atom stereocenters. The fourth-order valence-corrected chi connectivity index (χ4v) is 1.89. The summed E-state index contributed by atoms with van der Waals surface area (Å²) in [5.74, 6) is 0.896. The van der Waals surface area contributed by atoms with E-state index in [0.29, 0.717) is 0 Å². The number of aromatic nitrogens is 1. The summed E-state index contributed by atoms with van der Waals surface area (Å²) in [6.45, 7) is 5.52. The van der Waals surface area contributed by atoms with E-state index < -0.39 is 0 Å². The summed E-state index contributed by atoms with van der Waals surface area (Å²) in [5.41, 5.74) is 2.13. The van der Waals surface area contributed by atoms with Gasteiger partial charge in [-0.05, 0) is 32.4 Å². The van der Waals surface area contributed by atoms with E-state index in [4.69, 9.17) is 0 Å². The van der Waals surface area contributed by atoms with Crippen molar-refractivity contribution in [2.45, 2.75) is 20.3 Å². The highest BCUT2D eigenvalue weighted by molar-refractivity contribution is 5.98. The molecule has 2 rings (SSSR count). The minimum atomic E-state index is 0.0781. The second-order valence-electron chi connectivity index (χ2n) is 4.18. The first-order valence-corrected chi connectivity index (χ1v) is 5.55. The molecule has 0 bridgehead atoms. The zero-order valence-electron chi connectivity index (χ0n) is 9.73. The number of anilines is 1. The number of ketones is 1. The molecule has 0 spiro atoms. The maximum atomic E-state index is 11.5. The van der Waals surface area contributed by atoms with Crippen LogP contribution in [0.4, 0.5) is 5.82 Å². The van der Waals surface area contributed by atoms with E-state index in [-0.39, 0.29) is 5.78 Å². The van der Waals surface area contributed by atoms with E-state index in [0.717, 1.165) is 30.9 Å². The SMILES string of the molecule is CC(=O)c1cccnc1N1CC=C(C)CC1. The van der Waals surface area contributed by atoms with Gasteiger partial charge in [-0.25, -0.2) is 4.98 Å². The van der Waals surface area contributed by atoms with E-state index in [9.17, 15) is 4.79 Å². The zero-order chi connectivity index (χ0) is 11.5. The molecule has 84 valence electrons. The van der Waals surface area contributed by atoms with Gasteiger partial charge in [-0.15, -0.1) is 0 Å². The average molecular weight is 216 g/mol. The molecule has 0 radical (unpaired) electrons. The van der Waals surface area contributed by atoms with Gasteiger partial charge >= 0.3 is 0 Å². The normalized spacial score (nSPS) is 15.9. The van der Waals surface area contributed by atoms with Crippen LogP contribution in [0, 0.1) is 0 Å². The molecule has 3 nitrogen and oxygen atoms in total. The van der Waals surface area contributed by atoms with Crippen LogP contribution in [0.3, 0.4) is 0 Å². The van der Waals surface area contributed by atoms with Crippen molar-refractivity contribution in [3.63, 3.8) is 0 Å². The first kappa shape index (κ1) is 10.9. The van der Waals surface area contributed by atoms with E-state index >= 15 is 0 Å². The van der Waals surface area contributed by atoms with Crippen LogP contribution in [0.5, 0.6) is 0 Å². The van der Waals surface area contributed by atoms with Gasteiger partial charge < -0.3 is 4.90 Å². The summed E-state index contributed by atoms with van der Waals surface area (Å²) in [6, 6.07) is 3.65. The summed E-state index contributed by atoms with van der Waals surface area (Å²) >= 11 is 0. The highest BCUT2D eigenvalue weighted by Gasteiger charge is 2.16. The number of Topliss-reactive ketones (excluding diaryl/α,β-unsaturated/α-hetero) is 1. The van der Waals surface area contributed by atoms with Gasteiger partial charge in [0.25, 0.3) is 0 Å². The summed E-state index contributed by atoms with van der Waals surface area (Å²) in [6.07, 6.45) is 4.99. The topological polar surface area (TPSA) is 33.2 Å². The molecular formula is C13H16N2O. The monoisotopic (exact) mass is 216 g/mol. The highest BCUT2D eigenvalue weighted by Crippen LogP contribution is 2.21. The number of hydrogen-bond acceptors (Lipinski definition) is 3. The van der Waals surface area contributed by atoms with Crippen LogP contribution < -0.4 is 4.90 Å². The summed E-state index contributed by atoms with van der Waals surface area (Å²) in [5, 5.41) is 0. The number of rotatable bonds is 2. The fourth-order valence-electron chi connectivity index (χ4n) is 1.89. The molecule has 0 saturated carbocycles. The smallest absolute Gasteiger partial charge is 0.163 e. The number of nitrogens with zero attached hydrogens (tertiary/aromatic N) is 2. The first-order chi connectivity index (χ1) is 7.68. The Hall–Kier alpha value is -1.64. The number of carbonyl (C=O) groups is 1. The molecule has 0 fully saturated rings. The second-order valence-corrected chi connectivity index (χ2v) is 4.18. The Morgan fingerprint density at radius 1 is 1.50 bits per heavy atom.